The molecule has 9 nitrogen and oxygen atoms in total. The second-order valence-electron chi connectivity index (χ2n) is 9.64. The summed E-state index contributed by atoms with van der Waals surface area (Å²) in [5.41, 5.74) is 7.41. The van der Waals surface area contributed by atoms with Crippen molar-refractivity contribution in [2.45, 2.75) is 44.6 Å². The Bertz CT molecular complexity index is 1400. The molecule has 1 aliphatic heterocycles. The number of nitrogens with two attached hydrogens (primary N) is 1. The minimum Gasteiger partial charge on any atom is -0.507 e. The van der Waals surface area contributed by atoms with Gasteiger partial charge in [-0.2, -0.15) is 0 Å². The molecule has 1 amide bonds. The van der Waals surface area contributed by atoms with Crippen molar-refractivity contribution in [3.05, 3.63) is 59.8 Å². The van der Waals surface area contributed by atoms with Crippen molar-refractivity contribution in [3.63, 3.8) is 0 Å². The summed E-state index contributed by atoms with van der Waals surface area (Å²) in [5, 5.41) is 10.5. The van der Waals surface area contributed by atoms with Crippen LogP contribution >= 0.6 is 0 Å². The first kappa shape index (κ1) is 24.5. The third kappa shape index (κ3) is 4.79. The molecule has 0 saturated carbocycles. The molecule has 1 atom stereocenters. The summed E-state index contributed by atoms with van der Waals surface area (Å²) in [6, 6.07) is 11.1. The summed E-state index contributed by atoms with van der Waals surface area (Å²) in [6.07, 6.45) is 2.24. The van der Waals surface area contributed by atoms with Crippen LogP contribution in [0.4, 0.5) is 11.6 Å². The number of hydrogen-bond acceptors (Lipinski definition) is 8. The lowest BCUT2D eigenvalue weighted by Crippen LogP contribution is -2.41. The number of phenols is 1. The number of nitrogens with one attached hydrogen (secondary N) is 1. The monoisotopic (exact) mass is 495 g/mol. The smallest absolute Gasteiger partial charge is 0.268 e. The van der Waals surface area contributed by atoms with Gasteiger partial charge in [0.05, 0.1) is 11.3 Å². The first-order valence-electron chi connectivity index (χ1n) is 11.3. The Balaban J connectivity index is 1.80. The van der Waals surface area contributed by atoms with Crippen LogP contribution in [0.3, 0.4) is 0 Å². The van der Waals surface area contributed by atoms with E-state index in [0.29, 0.717) is 29.5 Å². The minimum absolute atomic E-state index is 0.0735. The van der Waals surface area contributed by atoms with E-state index in [1.807, 2.05) is 17.9 Å². The molecule has 0 aliphatic carbocycles. The molecule has 0 spiro atoms. The fourth-order valence-electron chi connectivity index (χ4n) is 4.66. The van der Waals surface area contributed by atoms with Gasteiger partial charge >= 0.3 is 0 Å². The average Bonchev–Trinajstić information content (AvgIpc) is 3.05. The molecular weight excluding hydrogens is 466 g/mol. The van der Waals surface area contributed by atoms with Crippen molar-refractivity contribution in [1.82, 2.24) is 14.7 Å². The van der Waals surface area contributed by atoms with E-state index in [4.69, 9.17) is 10.7 Å². The number of aryl methyl sites for hydroxylation is 1. The van der Waals surface area contributed by atoms with E-state index in [1.165, 1.54) is 24.4 Å². The Morgan fingerprint density at radius 3 is 2.60 bits per heavy atom. The molecule has 35 heavy (non-hydrogen) atoms. The van der Waals surface area contributed by atoms with Gasteiger partial charge < -0.3 is 15.7 Å². The van der Waals surface area contributed by atoms with Gasteiger partial charge in [0.25, 0.3) is 15.9 Å². The molecule has 4 N–H and O–H groups in total. The van der Waals surface area contributed by atoms with Gasteiger partial charge in [0.15, 0.2) is 0 Å². The predicted octanol–water partition coefficient (Wildman–Crippen LogP) is 3.48. The molecule has 10 heteroatoms. The van der Waals surface area contributed by atoms with Crippen molar-refractivity contribution >= 4 is 27.6 Å². The Hall–Kier alpha value is -3.66. The standard InChI is InChI=1S/C25H29N5O4S/c1-15-7-8-17(20(31)12-15)19-10-9-18(23(28-19)30-14-16(2)13-25(30,3)4)24(32)29-35(33,34)21-6-5-11-27-22(21)26/h5-12,16,31H,13-14H2,1-4H3,(H2,26,27)(H,29,32)/t16-/m0/s1. The van der Waals surface area contributed by atoms with Gasteiger partial charge in [-0.25, -0.2) is 23.1 Å². The quantitative estimate of drug-likeness (QED) is 0.489. The van der Waals surface area contributed by atoms with Gasteiger partial charge in [0.2, 0.25) is 0 Å². The molecule has 1 fully saturated rings. The number of carbonyl (C=O) groups excluding carboxylic acids is 1. The third-order valence-corrected chi connectivity index (χ3v) is 7.57. The lowest BCUT2D eigenvalue weighted by molar-refractivity contribution is 0.0981. The highest BCUT2D eigenvalue weighted by molar-refractivity contribution is 7.90. The second kappa shape index (κ2) is 8.84. The SMILES string of the molecule is Cc1ccc(-c2ccc(C(=O)NS(=O)(=O)c3cccnc3N)c(N3C[C@@H](C)CC3(C)C)n2)c(O)c1. The zero-order chi connectivity index (χ0) is 25.5. The summed E-state index contributed by atoms with van der Waals surface area (Å²) >= 11 is 0. The molecule has 1 saturated heterocycles. The largest absolute Gasteiger partial charge is 0.507 e. The predicted molar refractivity (Wildman–Crippen MR) is 135 cm³/mol. The number of nitrogen functional groups attached to an aromatic ring is 1. The number of hydrogen-bond donors (Lipinski definition) is 3. The summed E-state index contributed by atoms with van der Waals surface area (Å²) in [5.74, 6) is -0.261. The molecule has 1 aromatic carbocycles. The van der Waals surface area contributed by atoms with Gasteiger partial charge in [-0.3, -0.25) is 4.79 Å². The molecule has 184 valence electrons. The molecule has 4 rings (SSSR count). The number of nitrogens with zero attached hydrogens (tertiary/aromatic N) is 3. The van der Waals surface area contributed by atoms with E-state index in [-0.39, 0.29) is 27.6 Å². The lowest BCUT2D eigenvalue weighted by atomic mass is 9.97. The lowest BCUT2D eigenvalue weighted by Gasteiger charge is -2.34. The number of benzene rings is 1. The number of anilines is 2. The van der Waals surface area contributed by atoms with Gasteiger partial charge in [-0.05, 0) is 75.1 Å². The minimum atomic E-state index is -4.27. The van der Waals surface area contributed by atoms with Crippen LogP contribution in [0, 0.1) is 12.8 Å². The molecule has 3 aromatic rings. The van der Waals surface area contributed by atoms with Gasteiger partial charge in [0, 0.05) is 23.8 Å². The van der Waals surface area contributed by atoms with Crippen molar-refractivity contribution in [2.75, 3.05) is 17.2 Å². The first-order chi connectivity index (χ1) is 16.4. The zero-order valence-electron chi connectivity index (χ0n) is 20.1. The summed E-state index contributed by atoms with van der Waals surface area (Å²) < 4.78 is 27.9. The average molecular weight is 496 g/mol. The number of sulfonamides is 1. The van der Waals surface area contributed by atoms with Gasteiger partial charge in [-0.15, -0.1) is 0 Å². The Morgan fingerprint density at radius 2 is 1.97 bits per heavy atom. The van der Waals surface area contributed by atoms with E-state index >= 15 is 0 Å². The van der Waals surface area contributed by atoms with Crippen LogP contribution in [-0.4, -0.2) is 41.5 Å². The van der Waals surface area contributed by atoms with Crippen LogP contribution in [0.2, 0.25) is 0 Å². The van der Waals surface area contributed by atoms with Crippen molar-refractivity contribution in [1.29, 1.82) is 0 Å². The highest BCUT2D eigenvalue weighted by Crippen LogP contribution is 2.39. The van der Waals surface area contributed by atoms with Crippen LogP contribution in [-0.2, 0) is 10.0 Å². The molecule has 0 radical (unpaired) electrons. The summed E-state index contributed by atoms with van der Waals surface area (Å²) in [4.78, 5) is 23.6. The van der Waals surface area contributed by atoms with Crippen molar-refractivity contribution < 1.29 is 18.3 Å². The number of aromatic nitrogens is 2. The first-order valence-corrected chi connectivity index (χ1v) is 12.7. The van der Waals surface area contributed by atoms with E-state index in [9.17, 15) is 18.3 Å². The highest BCUT2D eigenvalue weighted by Gasteiger charge is 2.39. The van der Waals surface area contributed by atoms with Gasteiger partial charge in [0.1, 0.15) is 22.3 Å². The van der Waals surface area contributed by atoms with Crippen LogP contribution in [0.5, 0.6) is 5.75 Å². The maximum absolute atomic E-state index is 13.3. The zero-order valence-corrected chi connectivity index (χ0v) is 20.9. The number of rotatable bonds is 5. The van der Waals surface area contributed by atoms with Crippen LogP contribution in [0.1, 0.15) is 43.1 Å². The maximum atomic E-state index is 13.3. The van der Waals surface area contributed by atoms with Crippen LogP contribution in [0.15, 0.2) is 53.6 Å². The highest BCUT2D eigenvalue weighted by atomic mass is 32.2. The molecule has 3 heterocycles. The fourth-order valence-corrected chi connectivity index (χ4v) is 5.71. The summed E-state index contributed by atoms with van der Waals surface area (Å²) in [7, 11) is -4.27. The normalized spacial score (nSPS) is 17.4. The van der Waals surface area contributed by atoms with Crippen LogP contribution in [0.25, 0.3) is 11.3 Å². The van der Waals surface area contributed by atoms with E-state index in [0.717, 1.165) is 12.0 Å². The Kier molecular flexibility index (Phi) is 6.18. The second-order valence-corrected chi connectivity index (χ2v) is 11.3. The van der Waals surface area contributed by atoms with Crippen molar-refractivity contribution in [3.8, 4) is 17.0 Å². The molecular formula is C25H29N5O4S. The van der Waals surface area contributed by atoms with E-state index in [2.05, 4.69) is 30.5 Å². The van der Waals surface area contributed by atoms with E-state index in [1.54, 1.807) is 18.2 Å². The maximum Gasteiger partial charge on any atom is 0.268 e. The molecule has 0 bridgehead atoms. The van der Waals surface area contributed by atoms with Crippen molar-refractivity contribution in [2.24, 2.45) is 5.92 Å². The van der Waals surface area contributed by atoms with E-state index < -0.39 is 15.9 Å². The van der Waals surface area contributed by atoms with Gasteiger partial charge in [-0.1, -0.05) is 13.0 Å². The van der Waals surface area contributed by atoms with Crippen LogP contribution < -0.4 is 15.4 Å². The number of pyridine rings is 2. The molecule has 2 aromatic heterocycles. The number of amides is 1. The number of aromatic hydroxyl groups is 1. The molecule has 0 unspecified atom stereocenters. The fraction of sp³-hybridized carbons (Fsp3) is 0.320. The number of phenolic OH excluding ortho intramolecular Hbond substituents is 1. The molecule has 1 aliphatic rings. The topological polar surface area (TPSA) is 139 Å². The number of carbonyl (C=O) groups is 1. The Labute approximate surface area is 205 Å². The summed E-state index contributed by atoms with van der Waals surface area (Å²) in [6.45, 7) is 8.75. The Morgan fingerprint density at radius 1 is 1.23 bits per heavy atom. The third-order valence-electron chi connectivity index (χ3n) is 6.19.